The van der Waals surface area contributed by atoms with E-state index in [0.29, 0.717) is 17.9 Å². The zero-order chi connectivity index (χ0) is 13.8. The molecule has 1 aromatic rings. The summed E-state index contributed by atoms with van der Waals surface area (Å²) in [5.74, 6) is 1.05. The Morgan fingerprint density at radius 2 is 1.90 bits per heavy atom. The molecule has 20 heavy (non-hydrogen) atoms. The molecule has 0 aliphatic heterocycles. The molecule has 1 amide bonds. The Balaban J connectivity index is 0.00000200. The predicted octanol–water partition coefficient (Wildman–Crippen LogP) is 2.84. The van der Waals surface area contributed by atoms with Gasteiger partial charge in [-0.2, -0.15) is 0 Å². The Hall–Kier alpha value is -1.06. The first-order valence-electron chi connectivity index (χ1n) is 7.17. The molecule has 4 heteroatoms. The predicted molar refractivity (Wildman–Crippen MR) is 85.0 cm³/mol. The van der Waals surface area contributed by atoms with E-state index >= 15 is 0 Å². The number of amides is 1. The van der Waals surface area contributed by atoms with Crippen LogP contribution in [-0.2, 0) is 4.79 Å². The minimum atomic E-state index is -0.365. The summed E-state index contributed by atoms with van der Waals surface area (Å²) in [4.78, 5) is 11.9. The van der Waals surface area contributed by atoms with Crippen molar-refractivity contribution in [3.63, 3.8) is 0 Å². The summed E-state index contributed by atoms with van der Waals surface area (Å²) in [7, 11) is 0. The molecule has 0 bridgehead atoms. The van der Waals surface area contributed by atoms with Gasteiger partial charge in [-0.05, 0) is 36.7 Å². The van der Waals surface area contributed by atoms with Gasteiger partial charge in [0.25, 0.3) is 0 Å². The highest BCUT2D eigenvalue weighted by atomic mass is 35.5. The third-order valence-corrected chi connectivity index (χ3v) is 3.82. The lowest BCUT2D eigenvalue weighted by Crippen LogP contribution is -2.50. The number of halogens is 1. The van der Waals surface area contributed by atoms with Crippen molar-refractivity contribution < 1.29 is 4.79 Å². The lowest BCUT2D eigenvalue weighted by Gasteiger charge is -2.36. The monoisotopic (exact) mass is 296 g/mol. The number of nitrogens with two attached hydrogens (primary N) is 1. The molecule has 0 saturated heterocycles. The van der Waals surface area contributed by atoms with Gasteiger partial charge in [0.05, 0.1) is 6.04 Å². The highest BCUT2D eigenvalue weighted by Crippen LogP contribution is 2.36. The van der Waals surface area contributed by atoms with Crippen molar-refractivity contribution in [2.24, 2.45) is 11.7 Å². The van der Waals surface area contributed by atoms with Gasteiger partial charge < -0.3 is 11.1 Å². The van der Waals surface area contributed by atoms with E-state index in [1.54, 1.807) is 0 Å². The molecule has 112 valence electrons. The molecule has 1 aromatic carbocycles. The van der Waals surface area contributed by atoms with E-state index in [1.807, 2.05) is 6.07 Å². The van der Waals surface area contributed by atoms with E-state index in [4.69, 9.17) is 5.73 Å². The van der Waals surface area contributed by atoms with Crippen molar-refractivity contribution in [3.8, 4) is 0 Å². The SMILES string of the molecule is CC(C)C[C@H](N)C(=O)NC1CC(c2ccccc2)C1.Cl. The minimum Gasteiger partial charge on any atom is -0.352 e. The molecular weight excluding hydrogens is 272 g/mol. The number of nitrogens with one attached hydrogen (secondary N) is 1. The normalized spacial score (nSPS) is 22.6. The molecule has 0 unspecified atom stereocenters. The van der Waals surface area contributed by atoms with Gasteiger partial charge in [0.1, 0.15) is 0 Å². The topological polar surface area (TPSA) is 55.1 Å². The smallest absolute Gasteiger partial charge is 0.237 e. The van der Waals surface area contributed by atoms with Crippen LogP contribution in [0.1, 0.15) is 44.6 Å². The van der Waals surface area contributed by atoms with Gasteiger partial charge in [-0.15, -0.1) is 12.4 Å². The maximum absolute atomic E-state index is 11.9. The van der Waals surface area contributed by atoms with Crippen LogP contribution >= 0.6 is 12.4 Å². The van der Waals surface area contributed by atoms with Crippen molar-refractivity contribution in [1.29, 1.82) is 0 Å². The van der Waals surface area contributed by atoms with Crippen LogP contribution in [0.15, 0.2) is 30.3 Å². The fourth-order valence-corrected chi connectivity index (χ4v) is 2.66. The fraction of sp³-hybridized carbons (Fsp3) is 0.562. The second-order valence-corrected chi connectivity index (χ2v) is 6.02. The first-order valence-corrected chi connectivity index (χ1v) is 7.17. The first-order chi connectivity index (χ1) is 9.06. The van der Waals surface area contributed by atoms with E-state index in [2.05, 4.69) is 43.4 Å². The molecule has 1 aliphatic carbocycles. The van der Waals surface area contributed by atoms with E-state index < -0.39 is 0 Å². The number of rotatable bonds is 5. The van der Waals surface area contributed by atoms with Gasteiger partial charge in [0.2, 0.25) is 5.91 Å². The Morgan fingerprint density at radius 3 is 2.45 bits per heavy atom. The molecule has 1 aliphatic rings. The minimum absolute atomic E-state index is 0. The van der Waals surface area contributed by atoms with Crippen LogP contribution in [-0.4, -0.2) is 18.0 Å². The molecule has 0 radical (unpaired) electrons. The maximum Gasteiger partial charge on any atom is 0.237 e. The molecule has 1 saturated carbocycles. The van der Waals surface area contributed by atoms with Gasteiger partial charge in [-0.1, -0.05) is 44.2 Å². The number of benzene rings is 1. The molecule has 3 N–H and O–H groups in total. The Labute approximate surface area is 127 Å². The van der Waals surface area contributed by atoms with Gasteiger partial charge in [-0.25, -0.2) is 0 Å². The van der Waals surface area contributed by atoms with Crippen LogP contribution in [0.2, 0.25) is 0 Å². The van der Waals surface area contributed by atoms with Gasteiger partial charge in [0, 0.05) is 6.04 Å². The highest BCUT2D eigenvalue weighted by Gasteiger charge is 2.32. The lowest BCUT2D eigenvalue weighted by molar-refractivity contribution is -0.124. The Bertz CT molecular complexity index is 416. The van der Waals surface area contributed by atoms with Crippen LogP contribution in [0.3, 0.4) is 0 Å². The van der Waals surface area contributed by atoms with Crippen LogP contribution in [0, 0.1) is 5.92 Å². The van der Waals surface area contributed by atoms with Gasteiger partial charge >= 0.3 is 0 Å². The summed E-state index contributed by atoms with van der Waals surface area (Å²) in [5, 5.41) is 3.06. The lowest BCUT2D eigenvalue weighted by atomic mass is 9.76. The second-order valence-electron chi connectivity index (χ2n) is 6.02. The quantitative estimate of drug-likeness (QED) is 0.878. The average Bonchev–Trinajstić information content (AvgIpc) is 2.33. The van der Waals surface area contributed by atoms with Crippen LogP contribution in [0.5, 0.6) is 0 Å². The summed E-state index contributed by atoms with van der Waals surface area (Å²) >= 11 is 0. The van der Waals surface area contributed by atoms with E-state index in [9.17, 15) is 4.79 Å². The van der Waals surface area contributed by atoms with Crippen molar-refractivity contribution in [2.75, 3.05) is 0 Å². The van der Waals surface area contributed by atoms with E-state index in [0.717, 1.165) is 19.3 Å². The van der Waals surface area contributed by atoms with Crippen LogP contribution in [0.4, 0.5) is 0 Å². The van der Waals surface area contributed by atoms with E-state index in [1.165, 1.54) is 5.56 Å². The van der Waals surface area contributed by atoms with Crippen molar-refractivity contribution in [3.05, 3.63) is 35.9 Å². The molecule has 0 aromatic heterocycles. The zero-order valence-corrected chi connectivity index (χ0v) is 13.0. The molecule has 0 spiro atoms. The largest absolute Gasteiger partial charge is 0.352 e. The molecular formula is C16H25ClN2O. The fourth-order valence-electron chi connectivity index (χ4n) is 2.66. The average molecular weight is 297 g/mol. The number of hydrogen-bond acceptors (Lipinski definition) is 2. The second kappa shape index (κ2) is 7.65. The summed E-state index contributed by atoms with van der Waals surface area (Å²) in [6, 6.07) is 10.4. The molecule has 3 nitrogen and oxygen atoms in total. The summed E-state index contributed by atoms with van der Waals surface area (Å²) in [6.45, 7) is 4.17. The standard InChI is InChI=1S/C16H24N2O.ClH/c1-11(2)8-15(17)16(19)18-14-9-13(10-14)12-6-4-3-5-7-12;/h3-7,11,13-15H,8-10,17H2,1-2H3,(H,18,19);1H/t13?,14?,15-;/m0./s1. The Morgan fingerprint density at radius 1 is 1.30 bits per heavy atom. The number of carbonyl (C=O) groups is 1. The highest BCUT2D eigenvalue weighted by molar-refractivity contribution is 5.85. The van der Waals surface area contributed by atoms with Gasteiger partial charge in [-0.3, -0.25) is 4.79 Å². The molecule has 1 fully saturated rings. The third-order valence-electron chi connectivity index (χ3n) is 3.82. The van der Waals surface area contributed by atoms with Crippen molar-refractivity contribution >= 4 is 18.3 Å². The molecule has 1 atom stereocenters. The maximum atomic E-state index is 11.9. The van der Waals surface area contributed by atoms with Crippen molar-refractivity contribution in [2.45, 2.75) is 51.1 Å². The zero-order valence-electron chi connectivity index (χ0n) is 12.2. The van der Waals surface area contributed by atoms with E-state index in [-0.39, 0.29) is 24.4 Å². The number of hydrogen-bond donors (Lipinski definition) is 2. The van der Waals surface area contributed by atoms with Gasteiger partial charge in [0.15, 0.2) is 0 Å². The number of carbonyl (C=O) groups excluding carboxylic acids is 1. The summed E-state index contributed by atoms with van der Waals surface area (Å²) in [6.07, 6.45) is 2.81. The van der Waals surface area contributed by atoms with Crippen molar-refractivity contribution in [1.82, 2.24) is 5.32 Å². The summed E-state index contributed by atoms with van der Waals surface area (Å²) in [5.41, 5.74) is 7.25. The first kappa shape index (κ1) is 17.0. The Kier molecular flexibility index (Phi) is 6.50. The molecule has 2 rings (SSSR count). The summed E-state index contributed by atoms with van der Waals surface area (Å²) < 4.78 is 0. The molecule has 0 heterocycles. The third kappa shape index (κ3) is 4.50. The van der Waals surface area contributed by atoms with Crippen LogP contribution < -0.4 is 11.1 Å². The van der Waals surface area contributed by atoms with Crippen LogP contribution in [0.25, 0.3) is 0 Å².